The average molecular weight is 255 g/mol. The third kappa shape index (κ3) is 3.81. The van der Waals surface area contributed by atoms with Crippen LogP contribution in [0.15, 0.2) is 42.7 Å². The summed E-state index contributed by atoms with van der Waals surface area (Å²) in [4.78, 5) is 15.1. The Bertz CT molecular complexity index is 567. The molecule has 1 aromatic carbocycles. The van der Waals surface area contributed by atoms with Gasteiger partial charge in [-0.3, -0.25) is 9.78 Å². The number of aryl methyl sites for hydroxylation is 1. The molecule has 1 amide bonds. The molecule has 0 saturated heterocycles. The topological polar surface area (TPSA) is 54.0 Å². The summed E-state index contributed by atoms with van der Waals surface area (Å²) >= 11 is 0. The van der Waals surface area contributed by atoms with Crippen LogP contribution in [0.1, 0.15) is 18.1 Å². The lowest BCUT2D eigenvalue weighted by Gasteiger charge is -2.11. The van der Waals surface area contributed by atoms with E-state index in [1.807, 2.05) is 37.3 Å². The number of rotatable bonds is 4. The molecule has 4 nitrogen and oxygen atoms in total. The maximum Gasteiger partial charge on any atom is 0.221 e. The van der Waals surface area contributed by atoms with Crippen LogP contribution in [0.5, 0.6) is 0 Å². The Labute approximate surface area is 112 Å². The number of nitrogens with zero attached hydrogens (tertiary/aromatic N) is 1. The first-order valence-corrected chi connectivity index (χ1v) is 6.16. The highest BCUT2D eigenvalue weighted by Crippen LogP contribution is 2.20. The lowest BCUT2D eigenvalue weighted by Crippen LogP contribution is -2.08. The predicted molar refractivity (Wildman–Crippen MR) is 77.0 cm³/mol. The Kier molecular flexibility index (Phi) is 4.13. The predicted octanol–water partition coefficient (Wildman–Crippen LogP) is 2.96. The zero-order valence-electron chi connectivity index (χ0n) is 11.1. The molecule has 0 fully saturated rings. The number of hydrogen-bond donors (Lipinski definition) is 2. The van der Waals surface area contributed by atoms with Crippen molar-refractivity contribution in [3.63, 3.8) is 0 Å². The number of nitrogens with one attached hydrogen (secondary N) is 2. The SMILES string of the molecule is CC(=O)Nc1cc(NCc2ccncc2)ccc1C. The molecule has 0 atom stereocenters. The van der Waals surface area contributed by atoms with E-state index in [2.05, 4.69) is 15.6 Å². The van der Waals surface area contributed by atoms with Crippen molar-refractivity contribution in [2.24, 2.45) is 0 Å². The fraction of sp³-hybridized carbons (Fsp3) is 0.200. The summed E-state index contributed by atoms with van der Waals surface area (Å²) in [5.41, 5.74) is 4.03. The molecule has 0 saturated carbocycles. The van der Waals surface area contributed by atoms with Crippen LogP contribution in [0.3, 0.4) is 0 Å². The van der Waals surface area contributed by atoms with Gasteiger partial charge in [0.05, 0.1) is 0 Å². The van der Waals surface area contributed by atoms with Crippen LogP contribution in [0.4, 0.5) is 11.4 Å². The number of anilines is 2. The number of carbonyl (C=O) groups excluding carboxylic acids is 1. The molecule has 4 heteroatoms. The summed E-state index contributed by atoms with van der Waals surface area (Å²) in [6, 6.07) is 9.87. The Morgan fingerprint density at radius 1 is 1.21 bits per heavy atom. The standard InChI is InChI=1S/C15H17N3O/c1-11-3-4-14(9-15(11)18-12(2)19)17-10-13-5-7-16-8-6-13/h3-9,17H,10H2,1-2H3,(H,18,19). The molecule has 0 spiro atoms. The van der Waals surface area contributed by atoms with Crippen LogP contribution in [-0.2, 0) is 11.3 Å². The number of carbonyl (C=O) groups is 1. The summed E-state index contributed by atoms with van der Waals surface area (Å²) in [5.74, 6) is -0.0608. The molecule has 1 aromatic heterocycles. The van der Waals surface area contributed by atoms with Crippen LogP contribution in [0.25, 0.3) is 0 Å². The van der Waals surface area contributed by atoms with Crippen molar-refractivity contribution in [2.75, 3.05) is 10.6 Å². The first kappa shape index (κ1) is 13.1. The van der Waals surface area contributed by atoms with Gasteiger partial charge in [-0.2, -0.15) is 0 Å². The summed E-state index contributed by atoms with van der Waals surface area (Å²) < 4.78 is 0. The van der Waals surface area contributed by atoms with Crippen molar-refractivity contribution in [1.29, 1.82) is 0 Å². The van der Waals surface area contributed by atoms with Gasteiger partial charge in [0.2, 0.25) is 5.91 Å². The van der Waals surface area contributed by atoms with E-state index in [4.69, 9.17) is 0 Å². The molecule has 0 aliphatic heterocycles. The lowest BCUT2D eigenvalue weighted by molar-refractivity contribution is -0.114. The van der Waals surface area contributed by atoms with Gasteiger partial charge in [0.15, 0.2) is 0 Å². The second-order valence-electron chi connectivity index (χ2n) is 4.42. The highest BCUT2D eigenvalue weighted by Gasteiger charge is 2.02. The van der Waals surface area contributed by atoms with Gasteiger partial charge >= 0.3 is 0 Å². The van der Waals surface area contributed by atoms with Crippen molar-refractivity contribution in [3.8, 4) is 0 Å². The third-order valence-corrected chi connectivity index (χ3v) is 2.79. The summed E-state index contributed by atoms with van der Waals surface area (Å²) in [6.45, 7) is 4.21. The molecular weight excluding hydrogens is 238 g/mol. The Morgan fingerprint density at radius 3 is 2.63 bits per heavy atom. The van der Waals surface area contributed by atoms with Crippen molar-refractivity contribution >= 4 is 17.3 Å². The zero-order valence-corrected chi connectivity index (χ0v) is 11.1. The molecule has 0 unspecified atom stereocenters. The minimum Gasteiger partial charge on any atom is -0.381 e. The van der Waals surface area contributed by atoms with E-state index in [0.717, 1.165) is 29.0 Å². The number of benzene rings is 1. The number of aromatic nitrogens is 1. The quantitative estimate of drug-likeness (QED) is 0.883. The monoisotopic (exact) mass is 255 g/mol. The van der Waals surface area contributed by atoms with Gasteiger partial charge in [0.25, 0.3) is 0 Å². The number of amides is 1. The largest absolute Gasteiger partial charge is 0.381 e. The smallest absolute Gasteiger partial charge is 0.221 e. The Morgan fingerprint density at radius 2 is 1.95 bits per heavy atom. The molecular formula is C15H17N3O. The van der Waals surface area contributed by atoms with E-state index < -0.39 is 0 Å². The van der Waals surface area contributed by atoms with Crippen molar-refractivity contribution in [2.45, 2.75) is 20.4 Å². The highest BCUT2D eigenvalue weighted by atomic mass is 16.1. The summed E-state index contributed by atoms with van der Waals surface area (Å²) in [7, 11) is 0. The van der Waals surface area contributed by atoms with Gasteiger partial charge in [-0.1, -0.05) is 6.07 Å². The lowest BCUT2D eigenvalue weighted by atomic mass is 10.1. The average Bonchev–Trinajstić information content (AvgIpc) is 2.40. The molecule has 1 heterocycles. The minimum atomic E-state index is -0.0608. The molecule has 98 valence electrons. The molecule has 2 N–H and O–H groups in total. The highest BCUT2D eigenvalue weighted by molar-refractivity contribution is 5.90. The van der Waals surface area contributed by atoms with E-state index in [1.54, 1.807) is 12.4 Å². The molecule has 19 heavy (non-hydrogen) atoms. The molecule has 0 aliphatic rings. The third-order valence-electron chi connectivity index (χ3n) is 2.79. The van der Waals surface area contributed by atoms with Crippen LogP contribution in [0, 0.1) is 6.92 Å². The molecule has 2 aromatic rings. The van der Waals surface area contributed by atoms with Gasteiger partial charge in [-0.15, -0.1) is 0 Å². The molecule has 2 rings (SSSR count). The van der Waals surface area contributed by atoms with E-state index >= 15 is 0 Å². The summed E-state index contributed by atoms with van der Waals surface area (Å²) in [5, 5.41) is 6.15. The molecule has 0 aliphatic carbocycles. The van der Waals surface area contributed by atoms with Crippen LogP contribution in [0.2, 0.25) is 0 Å². The maximum absolute atomic E-state index is 11.1. The molecule has 0 bridgehead atoms. The van der Waals surface area contributed by atoms with Gasteiger partial charge in [0, 0.05) is 37.2 Å². The van der Waals surface area contributed by atoms with Gasteiger partial charge in [-0.05, 0) is 42.3 Å². The molecule has 0 radical (unpaired) electrons. The van der Waals surface area contributed by atoms with Gasteiger partial charge in [0.1, 0.15) is 0 Å². The second-order valence-corrected chi connectivity index (χ2v) is 4.42. The Hall–Kier alpha value is -2.36. The first-order chi connectivity index (χ1) is 9.15. The van der Waals surface area contributed by atoms with Gasteiger partial charge in [-0.25, -0.2) is 0 Å². The van der Waals surface area contributed by atoms with Crippen molar-refractivity contribution < 1.29 is 4.79 Å². The normalized spacial score (nSPS) is 10.0. The van der Waals surface area contributed by atoms with Crippen LogP contribution < -0.4 is 10.6 Å². The van der Waals surface area contributed by atoms with Crippen molar-refractivity contribution in [1.82, 2.24) is 4.98 Å². The zero-order chi connectivity index (χ0) is 13.7. The maximum atomic E-state index is 11.1. The number of hydrogen-bond acceptors (Lipinski definition) is 3. The minimum absolute atomic E-state index is 0.0608. The van der Waals surface area contributed by atoms with E-state index in [-0.39, 0.29) is 5.91 Å². The van der Waals surface area contributed by atoms with Gasteiger partial charge < -0.3 is 10.6 Å². The summed E-state index contributed by atoms with van der Waals surface area (Å²) in [6.07, 6.45) is 3.55. The van der Waals surface area contributed by atoms with E-state index in [9.17, 15) is 4.79 Å². The van der Waals surface area contributed by atoms with Crippen molar-refractivity contribution in [3.05, 3.63) is 53.9 Å². The van der Waals surface area contributed by atoms with Crippen LogP contribution in [-0.4, -0.2) is 10.9 Å². The van der Waals surface area contributed by atoms with Crippen LogP contribution >= 0.6 is 0 Å². The fourth-order valence-corrected chi connectivity index (χ4v) is 1.76. The Balaban J connectivity index is 2.06. The van der Waals surface area contributed by atoms with E-state index in [1.165, 1.54) is 6.92 Å². The number of pyridine rings is 1. The van der Waals surface area contributed by atoms with E-state index in [0.29, 0.717) is 0 Å². The first-order valence-electron chi connectivity index (χ1n) is 6.16. The second kappa shape index (κ2) is 6.00. The fourth-order valence-electron chi connectivity index (χ4n) is 1.76.